The predicted molar refractivity (Wildman–Crippen MR) is 72.5 cm³/mol. The Morgan fingerprint density at radius 3 is 2.35 bits per heavy atom. The average Bonchev–Trinajstić information content (AvgIpc) is 2.40. The van der Waals surface area contributed by atoms with Gasteiger partial charge in [0.2, 0.25) is 0 Å². The number of likely N-dealkylation sites (tertiary alicyclic amines) is 1. The van der Waals surface area contributed by atoms with Crippen molar-refractivity contribution in [3.63, 3.8) is 0 Å². The summed E-state index contributed by atoms with van der Waals surface area (Å²) in [4.78, 5) is 2.22. The summed E-state index contributed by atoms with van der Waals surface area (Å²) in [5.74, 6) is 0.684. The van der Waals surface area contributed by atoms with E-state index in [1.807, 2.05) is 30.3 Å². The van der Waals surface area contributed by atoms with Crippen molar-refractivity contribution in [2.75, 3.05) is 13.1 Å². The van der Waals surface area contributed by atoms with Crippen molar-refractivity contribution < 1.29 is 0 Å². The maximum absolute atomic E-state index is 8.24. The van der Waals surface area contributed by atoms with E-state index in [9.17, 15) is 0 Å². The zero-order valence-corrected chi connectivity index (χ0v) is 10.9. The van der Waals surface area contributed by atoms with Crippen molar-refractivity contribution in [3.05, 3.63) is 35.9 Å². The van der Waals surface area contributed by atoms with Crippen molar-refractivity contribution in [1.29, 1.82) is 5.41 Å². The van der Waals surface area contributed by atoms with Gasteiger partial charge in [-0.05, 0) is 18.3 Å². The predicted octanol–water partition coefficient (Wildman–Crippen LogP) is 3.52. The van der Waals surface area contributed by atoms with Gasteiger partial charge >= 0.3 is 0 Å². The number of hydrogen-bond donors (Lipinski definition) is 1. The molecule has 1 heterocycles. The second-order valence-electron chi connectivity index (χ2n) is 5.37. The van der Waals surface area contributed by atoms with Gasteiger partial charge in [-0.25, -0.2) is 0 Å². The van der Waals surface area contributed by atoms with Crippen LogP contribution in [0.5, 0.6) is 0 Å². The summed E-state index contributed by atoms with van der Waals surface area (Å²) in [5, 5.41) is 8.24. The Bertz CT molecular complexity index is 375. The molecule has 0 spiro atoms. The molecule has 1 aliphatic rings. The van der Waals surface area contributed by atoms with E-state index in [0.717, 1.165) is 18.7 Å². The van der Waals surface area contributed by atoms with Crippen molar-refractivity contribution >= 4 is 5.84 Å². The minimum atomic E-state index is 0.494. The van der Waals surface area contributed by atoms with Gasteiger partial charge in [-0.1, -0.05) is 50.6 Å². The number of hydrogen-bond acceptors (Lipinski definition) is 1. The molecule has 2 nitrogen and oxygen atoms in total. The quantitative estimate of drug-likeness (QED) is 0.611. The lowest BCUT2D eigenvalue weighted by Crippen LogP contribution is -2.41. The summed E-state index contributed by atoms with van der Waals surface area (Å²) in [6.45, 7) is 6.70. The van der Waals surface area contributed by atoms with Crippen LogP contribution in [0.2, 0.25) is 0 Å². The van der Waals surface area contributed by atoms with Gasteiger partial charge < -0.3 is 4.90 Å². The summed E-state index contributed by atoms with van der Waals surface area (Å²) in [7, 11) is 0. The number of rotatable bonds is 2. The molecule has 0 aromatic heterocycles. The van der Waals surface area contributed by atoms with Crippen LogP contribution in [-0.2, 0) is 0 Å². The minimum Gasteiger partial charge on any atom is -0.357 e. The highest BCUT2D eigenvalue weighted by atomic mass is 15.2. The lowest BCUT2D eigenvalue weighted by molar-refractivity contribution is 0.162. The van der Waals surface area contributed by atoms with Gasteiger partial charge in [0.15, 0.2) is 0 Å². The molecule has 0 bridgehead atoms. The molecule has 0 saturated carbocycles. The maximum Gasteiger partial charge on any atom is 0.128 e. The maximum atomic E-state index is 8.24. The third kappa shape index (κ3) is 2.68. The van der Waals surface area contributed by atoms with Crippen LogP contribution in [0.15, 0.2) is 30.3 Å². The van der Waals surface area contributed by atoms with E-state index in [-0.39, 0.29) is 0 Å². The fourth-order valence-electron chi connectivity index (χ4n) is 2.40. The third-order valence-electron chi connectivity index (χ3n) is 4.19. The van der Waals surface area contributed by atoms with Crippen LogP contribution in [0.4, 0.5) is 0 Å². The van der Waals surface area contributed by atoms with E-state index in [1.54, 1.807) is 0 Å². The largest absolute Gasteiger partial charge is 0.357 e. The number of benzene rings is 1. The molecule has 2 heteroatoms. The molecule has 0 unspecified atom stereocenters. The second kappa shape index (κ2) is 4.91. The standard InChI is InChI=1S/C15H22N2/c1-3-15(2)9-11-17(12-10-15)14(16)13-7-5-4-6-8-13/h4-8,16H,3,9-12H2,1-2H3. The number of piperidine rings is 1. The second-order valence-corrected chi connectivity index (χ2v) is 5.37. The molecule has 1 aromatic rings. The van der Waals surface area contributed by atoms with Gasteiger partial charge in [0.05, 0.1) is 0 Å². The topological polar surface area (TPSA) is 27.1 Å². The summed E-state index contributed by atoms with van der Waals surface area (Å²) in [6.07, 6.45) is 3.66. The molecule has 0 radical (unpaired) electrons. The van der Waals surface area contributed by atoms with Gasteiger partial charge in [-0.3, -0.25) is 5.41 Å². The van der Waals surface area contributed by atoms with Crippen LogP contribution in [0.3, 0.4) is 0 Å². The van der Waals surface area contributed by atoms with Crippen LogP contribution < -0.4 is 0 Å². The Morgan fingerprint density at radius 2 is 1.82 bits per heavy atom. The Hall–Kier alpha value is -1.31. The van der Waals surface area contributed by atoms with E-state index in [0.29, 0.717) is 11.3 Å². The molecular weight excluding hydrogens is 208 g/mol. The molecule has 2 rings (SSSR count). The van der Waals surface area contributed by atoms with E-state index in [4.69, 9.17) is 5.41 Å². The number of nitrogens with zero attached hydrogens (tertiary/aromatic N) is 1. The Morgan fingerprint density at radius 1 is 1.24 bits per heavy atom. The van der Waals surface area contributed by atoms with Crippen molar-refractivity contribution in [1.82, 2.24) is 4.90 Å². The van der Waals surface area contributed by atoms with Crippen LogP contribution in [0.25, 0.3) is 0 Å². The first kappa shape index (κ1) is 12.2. The van der Waals surface area contributed by atoms with Gasteiger partial charge in [0, 0.05) is 18.7 Å². The highest BCUT2D eigenvalue weighted by molar-refractivity contribution is 5.96. The molecule has 1 N–H and O–H groups in total. The summed E-state index contributed by atoms with van der Waals surface area (Å²) >= 11 is 0. The van der Waals surface area contributed by atoms with Crippen molar-refractivity contribution in [3.8, 4) is 0 Å². The van der Waals surface area contributed by atoms with Crippen LogP contribution >= 0.6 is 0 Å². The highest BCUT2D eigenvalue weighted by Crippen LogP contribution is 2.34. The Kier molecular flexibility index (Phi) is 3.51. The molecule has 1 aliphatic heterocycles. The van der Waals surface area contributed by atoms with Crippen LogP contribution in [0.1, 0.15) is 38.7 Å². The van der Waals surface area contributed by atoms with Crippen LogP contribution in [-0.4, -0.2) is 23.8 Å². The highest BCUT2D eigenvalue weighted by Gasteiger charge is 2.29. The number of nitrogens with one attached hydrogen (secondary N) is 1. The Balaban J connectivity index is 2.00. The SMILES string of the molecule is CCC1(C)CCN(C(=N)c2ccccc2)CC1. The van der Waals surface area contributed by atoms with Gasteiger partial charge in [0.25, 0.3) is 0 Å². The average molecular weight is 230 g/mol. The van der Waals surface area contributed by atoms with Crippen LogP contribution in [0, 0.1) is 10.8 Å². The monoisotopic (exact) mass is 230 g/mol. The fourth-order valence-corrected chi connectivity index (χ4v) is 2.40. The zero-order chi connectivity index (χ0) is 12.3. The molecule has 17 heavy (non-hydrogen) atoms. The lowest BCUT2D eigenvalue weighted by atomic mass is 9.78. The molecule has 0 aliphatic carbocycles. The minimum absolute atomic E-state index is 0.494. The van der Waals surface area contributed by atoms with Crippen molar-refractivity contribution in [2.45, 2.75) is 33.1 Å². The Labute approximate surface area is 104 Å². The molecule has 0 amide bonds. The molecule has 92 valence electrons. The zero-order valence-electron chi connectivity index (χ0n) is 10.9. The molecule has 1 fully saturated rings. The van der Waals surface area contributed by atoms with E-state index in [1.165, 1.54) is 19.3 Å². The molecular formula is C15H22N2. The van der Waals surface area contributed by atoms with Gasteiger partial charge in [0.1, 0.15) is 5.84 Å². The summed E-state index contributed by atoms with van der Waals surface area (Å²) in [6, 6.07) is 10.1. The summed E-state index contributed by atoms with van der Waals surface area (Å²) < 4.78 is 0. The first-order valence-electron chi connectivity index (χ1n) is 6.53. The smallest absolute Gasteiger partial charge is 0.128 e. The van der Waals surface area contributed by atoms with Gasteiger partial charge in [-0.15, -0.1) is 0 Å². The molecule has 0 atom stereocenters. The third-order valence-corrected chi connectivity index (χ3v) is 4.19. The number of amidine groups is 1. The molecule has 1 aromatic carbocycles. The molecule has 1 saturated heterocycles. The van der Waals surface area contributed by atoms with Crippen molar-refractivity contribution in [2.24, 2.45) is 5.41 Å². The fraction of sp³-hybridized carbons (Fsp3) is 0.533. The van der Waals surface area contributed by atoms with E-state index in [2.05, 4.69) is 18.7 Å². The lowest BCUT2D eigenvalue weighted by Gasteiger charge is -2.40. The summed E-state index contributed by atoms with van der Waals surface area (Å²) in [5.41, 5.74) is 1.53. The van der Waals surface area contributed by atoms with E-state index < -0.39 is 0 Å². The van der Waals surface area contributed by atoms with E-state index >= 15 is 0 Å². The normalized spacial score (nSPS) is 19.1. The first-order chi connectivity index (χ1) is 8.14. The first-order valence-corrected chi connectivity index (χ1v) is 6.53. The van der Waals surface area contributed by atoms with Gasteiger partial charge in [-0.2, -0.15) is 0 Å².